The van der Waals surface area contributed by atoms with E-state index in [9.17, 15) is 10.1 Å². The Morgan fingerprint density at radius 1 is 1.56 bits per heavy atom. The lowest BCUT2D eigenvalue weighted by atomic mass is 10.2. The van der Waals surface area contributed by atoms with Gasteiger partial charge in [0.2, 0.25) is 0 Å². The van der Waals surface area contributed by atoms with E-state index in [-0.39, 0.29) is 16.7 Å². The van der Waals surface area contributed by atoms with Crippen LogP contribution in [0.5, 0.6) is 5.75 Å². The van der Waals surface area contributed by atoms with Gasteiger partial charge in [0.1, 0.15) is 11.9 Å². The molecular formula is C11H14N2O3. The van der Waals surface area contributed by atoms with E-state index in [1.807, 2.05) is 0 Å². The summed E-state index contributed by atoms with van der Waals surface area (Å²) >= 11 is 0. The normalized spacial score (nSPS) is 19.7. The Balaban J connectivity index is 2.20. The molecule has 86 valence electrons. The minimum absolute atomic E-state index is 0.114. The fourth-order valence-electron chi connectivity index (χ4n) is 1.84. The summed E-state index contributed by atoms with van der Waals surface area (Å²) in [6, 6.07) is 4.93. The Hall–Kier alpha value is -1.62. The molecule has 1 fully saturated rings. The van der Waals surface area contributed by atoms with Crippen LogP contribution in [0.4, 0.5) is 5.69 Å². The predicted octanol–water partition coefficient (Wildman–Crippen LogP) is 1.64. The number of nitrogens with one attached hydrogen (secondary N) is 1. The van der Waals surface area contributed by atoms with Gasteiger partial charge in [-0.3, -0.25) is 10.1 Å². The van der Waals surface area contributed by atoms with Crippen molar-refractivity contribution in [3.63, 3.8) is 0 Å². The standard InChI is InChI=1S/C11H14N2O3/c1-8-10(13(14)15)3-2-4-11(8)16-9-5-6-12-7-9/h2-4,9,12H,5-7H2,1H3/t9-/m0/s1. The summed E-state index contributed by atoms with van der Waals surface area (Å²) in [5.74, 6) is 0.614. The molecule has 1 aliphatic heterocycles. The van der Waals surface area contributed by atoms with Gasteiger partial charge in [0, 0.05) is 12.6 Å². The second-order valence-corrected chi connectivity index (χ2v) is 3.89. The highest BCUT2D eigenvalue weighted by molar-refractivity contribution is 5.48. The number of ether oxygens (including phenoxy) is 1. The second-order valence-electron chi connectivity index (χ2n) is 3.89. The number of nitrogens with zero attached hydrogens (tertiary/aromatic N) is 1. The lowest BCUT2D eigenvalue weighted by Gasteiger charge is -2.14. The molecule has 0 unspecified atom stereocenters. The molecule has 1 aromatic carbocycles. The lowest BCUT2D eigenvalue weighted by molar-refractivity contribution is -0.385. The third kappa shape index (κ3) is 2.14. The van der Waals surface area contributed by atoms with Gasteiger partial charge in [0.05, 0.1) is 10.5 Å². The lowest BCUT2D eigenvalue weighted by Crippen LogP contribution is -2.20. The first-order valence-corrected chi connectivity index (χ1v) is 5.30. The first kappa shape index (κ1) is 10.9. The maximum Gasteiger partial charge on any atom is 0.276 e. The molecule has 0 aliphatic carbocycles. The van der Waals surface area contributed by atoms with E-state index in [0.29, 0.717) is 11.3 Å². The van der Waals surface area contributed by atoms with Crippen molar-refractivity contribution in [3.05, 3.63) is 33.9 Å². The van der Waals surface area contributed by atoms with Gasteiger partial charge in [0.15, 0.2) is 0 Å². The zero-order valence-corrected chi connectivity index (χ0v) is 9.10. The van der Waals surface area contributed by atoms with Gasteiger partial charge in [-0.25, -0.2) is 0 Å². The van der Waals surface area contributed by atoms with Gasteiger partial charge in [-0.1, -0.05) is 6.07 Å². The van der Waals surface area contributed by atoms with Crippen molar-refractivity contribution < 1.29 is 9.66 Å². The van der Waals surface area contributed by atoms with Crippen molar-refractivity contribution in [3.8, 4) is 5.75 Å². The Bertz CT molecular complexity index is 400. The fourth-order valence-corrected chi connectivity index (χ4v) is 1.84. The number of benzene rings is 1. The average Bonchev–Trinajstić information content (AvgIpc) is 2.73. The summed E-state index contributed by atoms with van der Waals surface area (Å²) in [5.41, 5.74) is 0.711. The van der Waals surface area contributed by atoms with E-state index in [0.717, 1.165) is 19.5 Å². The maximum absolute atomic E-state index is 10.7. The van der Waals surface area contributed by atoms with Crippen LogP contribution in [0.15, 0.2) is 18.2 Å². The molecule has 16 heavy (non-hydrogen) atoms. The molecule has 0 amide bonds. The minimum atomic E-state index is -0.380. The van der Waals surface area contributed by atoms with E-state index in [1.54, 1.807) is 19.1 Å². The summed E-state index contributed by atoms with van der Waals surface area (Å²) in [7, 11) is 0. The summed E-state index contributed by atoms with van der Waals surface area (Å²) in [6.45, 7) is 3.47. The summed E-state index contributed by atoms with van der Waals surface area (Å²) < 4.78 is 5.73. The van der Waals surface area contributed by atoms with Crippen LogP contribution in [0.2, 0.25) is 0 Å². The van der Waals surface area contributed by atoms with Crippen LogP contribution in [0.25, 0.3) is 0 Å². The molecule has 5 heteroatoms. The number of hydrogen-bond donors (Lipinski definition) is 1. The third-order valence-corrected chi connectivity index (χ3v) is 2.76. The molecule has 0 spiro atoms. The van der Waals surface area contributed by atoms with Crippen LogP contribution in [-0.2, 0) is 0 Å². The smallest absolute Gasteiger partial charge is 0.276 e. The third-order valence-electron chi connectivity index (χ3n) is 2.76. The molecule has 1 atom stereocenters. The van der Waals surface area contributed by atoms with Gasteiger partial charge in [-0.2, -0.15) is 0 Å². The summed E-state index contributed by atoms with van der Waals surface area (Å²) in [5, 5.41) is 13.9. The molecule has 0 aromatic heterocycles. The van der Waals surface area contributed by atoms with Gasteiger partial charge < -0.3 is 10.1 Å². The molecule has 0 saturated carbocycles. The fraction of sp³-hybridized carbons (Fsp3) is 0.455. The minimum Gasteiger partial charge on any atom is -0.489 e. The summed E-state index contributed by atoms with van der Waals surface area (Å²) in [6.07, 6.45) is 1.07. The maximum atomic E-state index is 10.7. The van der Waals surface area contributed by atoms with Crippen molar-refractivity contribution in [1.29, 1.82) is 0 Å². The quantitative estimate of drug-likeness (QED) is 0.623. The highest BCUT2D eigenvalue weighted by Gasteiger charge is 2.19. The first-order valence-electron chi connectivity index (χ1n) is 5.30. The van der Waals surface area contributed by atoms with Crippen molar-refractivity contribution in [2.45, 2.75) is 19.4 Å². The van der Waals surface area contributed by atoms with Gasteiger partial charge in [-0.15, -0.1) is 0 Å². The predicted molar refractivity (Wildman–Crippen MR) is 59.7 cm³/mol. The van der Waals surface area contributed by atoms with Crippen LogP contribution in [0.1, 0.15) is 12.0 Å². The van der Waals surface area contributed by atoms with Crippen LogP contribution in [0, 0.1) is 17.0 Å². The molecule has 1 N–H and O–H groups in total. The monoisotopic (exact) mass is 222 g/mol. The highest BCUT2D eigenvalue weighted by Crippen LogP contribution is 2.28. The van der Waals surface area contributed by atoms with E-state index in [2.05, 4.69) is 5.32 Å². The first-order chi connectivity index (χ1) is 7.68. The molecule has 5 nitrogen and oxygen atoms in total. The number of hydrogen-bond acceptors (Lipinski definition) is 4. The molecular weight excluding hydrogens is 208 g/mol. The topological polar surface area (TPSA) is 64.4 Å². The van der Waals surface area contributed by atoms with Crippen molar-refractivity contribution >= 4 is 5.69 Å². The molecule has 1 saturated heterocycles. The van der Waals surface area contributed by atoms with Gasteiger partial charge in [0.25, 0.3) is 5.69 Å². The van der Waals surface area contributed by atoms with E-state index >= 15 is 0 Å². The van der Waals surface area contributed by atoms with Gasteiger partial charge in [-0.05, 0) is 26.0 Å². The molecule has 2 rings (SSSR count). The van der Waals surface area contributed by atoms with Gasteiger partial charge >= 0.3 is 0 Å². The van der Waals surface area contributed by atoms with Crippen molar-refractivity contribution in [1.82, 2.24) is 5.32 Å². The number of nitro groups is 1. The molecule has 1 heterocycles. The zero-order chi connectivity index (χ0) is 11.5. The molecule has 1 aliphatic rings. The number of nitro benzene ring substituents is 1. The Labute approximate surface area is 93.6 Å². The Morgan fingerprint density at radius 3 is 3.00 bits per heavy atom. The second kappa shape index (κ2) is 4.49. The van der Waals surface area contributed by atoms with Crippen LogP contribution in [-0.4, -0.2) is 24.1 Å². The van der Waals surface area contributed by atoms with Crippen molar-refractivity contribution in [2.75, 3.05) is 13.1 Å². The Morgan fingerprint density at radius 2 is 2.38 bits per heavy atom. The average molecular weight is 222 g/mol. The van der Waals surface area contributed by atoms with E-state index in [4.69, 9.17) is 4.74 Å². The highest BCUT2D eigenvalue weighted by atomic mass is 16.6. The zero-order valence-electron chi connectivity index (χ0n) is 9.10. The Kier molecular flexibility index (Phi) is 3.05. The molecule has 0 bridgehead atoms. The largest absolute Gasteiger partial charge is 0.489 e. The van der Waals surface area contributed by atoms with Crippen LogP contribution >= 0.6 is 0 Å². The molecule has 1 aromatic rings. The molecule has 0 radical (unpaired) electrons. The van der Waals surface area contributed by atoms with E-state index < -0.39 is 0 Å². The van der Waals surface area contributed by atoms with Crippen molar-refractivity contribution in [2.24, 2.45) is 0 Å². The number of rotatable bonds is 3. The SMILES string of the molecule is Cc1c(O[C@H]2CCNC2)cccc1[N+](=O)[O-]. The van der Waals surface area contributed by atoms with E-state index in [1.165, 1.54) is 6.07 Å². The van der Waals surface area contributed by atoms with Crippen LogP contribution in [0.3, 0.4) is 0 Å². The van der Waals surface area contributed by atoms with Crippen LogP contribution < -0.4 is 10.1 Å². The summed E-state index contributed by atoms with van der Waals surface area (Å²) in [4.78, 5) is 10.4.